The van der Waals surface area contributed by atoms with Gasteiger partial charge >= 0.3 is 0 Å². The summed E-state index contributed by atoms with van der Waals surface area (Å²) >= 11 is 1.45. The summed E-state index contributed by atoms with van der Waals surface area (Å²) in [7, 11) is 0. The van der Waals surface area contributed by atoms with Crippen LogP contribution in [0.4, 0.5) is 0 Å². The topological polar surface area (TPSA) is 68.0 Å². The van der Waals surface area contributed by atoms with Crippen LogP contribution in [0.2, 0.25) is 0 Å². The average Bonchev–Trinajstić information content (AvgIpc) is 2.85. The third kappa shape index (κ3) is 4.39. The molecule has 0 bridgehead atoms. The Kier molecular flexibility index (Phi) is 5.69. The summed E-state index contributed by atoms with van der Waals surface area (Å²) in [6.07, 6.45) is 0.817. The highest BCUT2D eigenvalue weighted by molar-refractivity contribution is 7.13. The maximum absolute atomic E-state index is 12.4. The van der Waals surface area contributed by atoms with Crippen molar-refractivity contribution in [3.63, 3.8) is 0 Å². The van der Waals surface area contributed by atoms with Gasteiger partial charge in [0.2, 0.25) is 0 Å². The molecule has 1 heterocycles. The number of hydrogen-bond acceptors (Lipinski definition) is 4. The highest BCUT2D eigenvalue weighted by Gasteiger charge is 2.18. The molecule has 1 aromatic heterocycles. The van der Waals surface area contributed by atoms with Crippen molar-refractivity contribution in [3.8, 4) is 0 Å². The number of benzene rings is 1. The maximum Gasteiger partial charge on any atom is 0.263 e. The summed E-state index contributed by atoms with van der Waals surface area (Å²) in [5, 5.41) is 3.85. The fraction of sp³-hybridized carbons (Fsp3) is 0.412. The quantitative estimate of drug-likeness (QED) is 0.860. The molecule has 4 nitrogen and oxygen atoms in total. The number of nitrogens with two attached hydrogens (primary N) is 1. The lowest BCUT2D eigenvalue weighted by Crippen LogP contribution is -2.32. The second kappa shape index (κ2) is 7.51. The lowest BCUT2D eigenvalue weighted by atomic mass is 10.1. The molecule has 0 saturated heterocycles. The van der Waals surface area contributed by atoms with Crippen LogP contribution in [0.3, 0.4) is 0 Å². The fourth-order valence-corrected chi connectivity index (χ4v) is 3.14. The molecule has 0 aliphatic rings. The van der Waals surface area contributed by atoms with Crippen LogP contribution in [-0.4, -0.2) is 17.4 Å². The van der Waals surface area contributed by atoms with Crippen LogP contribution in [0.15, 0.2) is 30.3 Å². The summed E-state index contributed by atoms with van der Waals surface area (Å²) in [6.45, 7) is 6.60. The number of rotatable bonds is 6. The van der Waals surface area contributed by atoms with Gasteiger partial charge in [-0.15, -0.1) is 11.3 Å². The lowest BCUT2D eigenvalue weighted by molar-refractivity contribution is 0.0954. The average molecular weight is 317 g/mol. The summed E-state index contributed by atoms with van der Waals surface area (Å²) in [6, 6.07) is 9.59. The Hall–Kier alpha value is -1.72. The summed E-state index contributed by atoms with van der Waals surface area (Å²) in [5.74, 6) is 0.396. The molecule has 2 aromatic rings. The zero-order chi connectivity index (χ0) is 16.1. The van der Waals surface area contributed by atoms with E-state index in [0.29, 0.717) is 17.3 Å². The fourth-order valence-electron chi connectivity index (χ4n) is 2.27. The molecule has 3 N–H and O–H groups in total. The van der Waals surface area contributed by atoms with Gasteiger partial charge in [0.1, 0.15) is 4.88 Å². The Morgan fingerprint density at radius 1 is 1.32 bits per heavy atom. The van der Waals surface area contributed by atoms with Gasteiger partial charge in [-0.25, -0.2) is 4.98 Å². The molecule has 0 aliphatic carbocycles. The number of amides is 1. The van der Waals surface area contributed by atoms with Crippen molar-refractivity contribution >= 4 is 17.2 Å². The molecule has 5 heteroatoms. The number of carbonyl (C=O) groups is 1. The van der Waals surface area contributed by atoms with Crippen molar-refractivity contribution in [2.45, 2.75) is 33.2 Å². The van der Waals surface area contributed by atoms with Gasteiger partial charge in [0.05, 0.1) is 10.7 Å². The number of nitrogens with zero attached hydrogens (tertiary/aromatic N) is 1. The van der Waals surface area contributed by atoms with Gasteiger partial charge in [0.25, 0.3) is 5.91 Å². The van der Waals surface area contributed by atoms with Crippen LogP contribution in [0.25, 0.3) is 0 Å². The van der Waals surface area contributed by atoms with E-state index in [2.05, 4.69) is 24.1 Å². The first-order valence-electron chi connectivity index (χ1n) is 7.52. The third-order valence-electron chi connectivity index (χ3n) is 3.32. The zero-order valence-corrected chi connectivity index (χ0v) is 14.1. The van der Waals surface area contributed by atoms with E-state index in [1.807, 2.05) is 37.3 Å². The molecular formula is C17H23N3OS. The molecule has 22 heavy (non-hydrogen) atoms. The summed E-state index contributed by atoms with van der Waals surface area (Å²) in [5.41, 5.74) is 8.03. The van der Waals surface area contributed by atoms with Gasteiger partial charge in [-0.1, -0.05) is 44.2 Å². The van der Waals surface area contributed by atoms with Crippen LogP contribution in [-0.2, 0) is 6.42 Å². The van der Waals surface area contributed by atoms with E-state index in [1.165, 1.54) is 11.3 Å². The summed E-state index contributed by atoms with van der Waals surface area (Å²) < 4.78 is 0. The number of carbonyl (C=O) groups excluding carboxylic acids is 1. The van der Waals surface area contributed by atoms with Gasteiger partial charge in [-0.05, 0) is 24.8 Å². The molecule has 118 valence electrons. The minimum atomic E-state index is -0.201. The monoisotopic (exact) mass is 317 g/mol. The predicted octanol–water partition coefficient (Wildman–Crippen LogP) is 3.08. The second-order valence-corrected chi connectivity index (χ2v) is 7.04. The molecule has 0 spiro atoms. The van der Waals surface area contributed by atoms with Crippen molar-refractivity contribution in [2.75, 3.05) is 6.54 Å². The number of aryl methyl sites for hydroxylation is 1. The first-order chi connectivity index (χ1) is 10.5. The zero-order valence-electron chi connectivity index (χ0n) is 13.3. The SMILES string of the molecule is Cc1nc(CC(C)C)c(C(=O)NCC(N)c2ccccc2)s1. The molecule has 0 aliphatic heterocycles. The molecule has 2 rings (SSSR count). The van der Waals surface area contributed by atoms with Crippen molar-refractivity contribution in [1.82, 2.24) is 10.3 Å². The first kappa shape index (κ1) is 16.6. The van der Waals surface area contributed by atoms with Crippen molar-refractivity contribution in [1.29, 1.82) is 0 Å². The first-order valence-corrected chi connectivity index (χ1v) is 8.34. The molecule has 1 unspecified atom stereocenters. The molecule has 0 fully saturated rings. The number of aromatic nitrogens is 1. The minimum absolute atomic E-state index is 0.0763. The predicted molar refractivity (Wildman–Crippen MR) is 91.1 cm³/mol. The number of nitrogens with one attached hydrogen (secondary N) is 1. The molecule has 1 amide bonds. The highest BCUT2D eigenvalue weighted by Crippen LogP contribution is 2.21. The van der Waals surface area contributed by atoms with Crippen LogP contribution in [0.1, 0.15) is 45.8 Å². The summed E-state index contributed by atoms with van der Waals surface area (Å²) in [4.78, 5) is 17.6. The standard InChI is InChI=1S/C17H23N3OS/c1-11(2)9-15-16(22-12(3)20-15)17(21)19-10-14(18)13-7-5-4-6-8-13/h4-8,11,14H,9-10,18H2,1-3H3,(H,19,21). The van der Waals surface area contributed by atoms with E-state index in [9.17, 15) is 4.79 Å². The normalized spacial score (nSPS) is 12.4. The van der Waals surface area contributed by atoms with Gasteiger partial charge in [0.15, 0.2) is 0 Å². The Morgan fingerprint density at radius 2 is 2.00 bits per heavy atom. The van der Waals surface area contributed by atoms with Gasteiger partial charge in [-0.3, -0.25) is 4.79 Å². The van der Waals surface area contributed by atoms with E-state index in [-0.39, 0.29) is 11.9 Å². The lowest BCUT2D eigenvalue weighted by Gasteiger charge is -2.13. The smallest absolute Gasteiger partial charge is 0.263 e. The molecule has 0 radical (unpaired) electrons. The van der Waals surface area contributed by atoms with E-state index in [4.69, 9.17) is 5.73 Å². The molecule has 1 atom stereocenters. The Balaban J connectivity index is 2.00. The Labute approximate surface area is 135 Å². The van der Waals surface area contributed by atoms with Crippen molar-refractivity contribution < 1.29 is 4.79 Å². The van der Waals surface area contributed by atoms with E-state index < -0.39 is 0 Å². The van der Waals surface area contributed by atoms with Crippen LogP contribution >= 0.6 is 11.3 Å². The van der Waals surface area contributed by atoms with Crippen molar-refractivity contribution in [2.24, 2.45) is 11.7 Å². The van der Waals surface area contributed by atoms with Gasteiger partial charge in [0, 0.05) is 12.6 Å². The number of hydrogen-bond donors (Lipinski definition) is 2. The van der Waals surface area contributed by atoms with E-state index in [1.54, 1.807) is 0 Å². The molecular weight excluding hydrogens is 294 g/mol. The molecule has 0 saturated carbocycles. The van der Waals surface area contributed by atoms with Gasteiger partial charge < -0.3 is 11.1 Å². The van der Waals surface area contributed by atoms with Crippen LogP contribution in [0.5, 0.6) is 0 Å². The van der Waals surface area contributed by atoms with Gasteiger partial charge in [-0.2, -0.15) is 0 Å². The highest BCUT2D eigenvalue weighted by atomic mass is 32.1. The van der Waals surface area contributed by atoms with Crippen LogP contribution < -0.4 is 11.1 Å². The minimum Gasteiger partial charge on any atom is -0.349 e. The number of thiazole rings is 1. The Bertz CT molecular complexity index is 622. The molecule has 1 aromatic carbocycles. The second-order valence-electron chi connectivity index (χ2n) is 5.83. The maximum atomic E-state index is 12.4. The van der Waals surface area contributed by atoms with Crippen LogP contribution in [0, 0.1) is 12.8 Å². The largest absolute Gasteiger partial charge is 0.349 e. The third-order valence-corrected chi connectivity index (χ3v) is 4.33. The van der Waals surface area contributed by atoms with Crippen molar-refractivity contribution in [3.05, 3.63) is 51.5 Å². The van der Waals surface area contributed by atoms with E-state index in [0.717, 1.165) is 22.7 Å². The van der Waals surface area contributed by atoms with E-state index >= 15 is 0 Å². The Morgan fingerprint density at radius 3 is 2.64 bits per heavy atom.